The average molecular weight is 617 g/mol. The van der Waals surface area contributed by atoms with Crippen LogP contribution in [0.25, 0.3) is 32.9 Å². The van der Waals surface area contributed by atoms with Crippen molar-refractivity contribution in [2.45, 2.75) is 110 Å². The second kappa shape index (κ2) is 10.5. The molecule has 3 unspecified atom stereocenters. The summed E-state index contributed by atoms with van der Waals surface area (Å²) in [5.41, 5.74) is 11.5. The summed E-state index contributed by atoms with van der Waals surface area (Å²) in [5.74, 6) is 0.632. The number of fused-ring (bicyclic) bond motifs is 10. The number of methoxy groups -OCH3 is 1. The van der Waals surface area contributed by atoms with Gasteiger partial charge >= 0.3 is 0 Å². The second-order valence-corrected chi connectivity index (χ2v) is 17.1. The zero-order valence-electron chi connectivity index (χ0n) is 29.9. The van der Waals surface area contributed by atoms with E-state index >= 15 is 0 Å². The van der Waals surface area contributed by atoms with Gasteiger partial charge in [0.05, 0.1) is 35.5 Å². The van der Waals surface area contributed by atoms with Crippen molar-refractivity contribution in [2.75, 3.05) is 20.3 Å². The SMILES string of the molecule is COCC1C=C(CO)C2(C)c3c(cc(C(C)(C)C)c4ccccc34)-c3cc(C4CCC(C)(C)CC4)c4c(C)cc(C)cc4[n+]3C12C. The summed E-state index contributed by atoms with van der Waals surface area (Å²) in [5, 5.41) is 15.2. The van der Waals surface area contributed by atoms with E-state index in [-0.39, 0.29) is 17.9 Å². The molecule has 1 aromatic heterocycles. The van der Waals surface area contributed by atoms with Crippen LogP contribution in [-0.2, 0) is 21.1 Å². The highest BCUT2D eigenvalue weighted by molar-refractivity contribution is 5.98. The quantitative estimate of drug-likeness (QED) is 0.183. The third-order valence-corrected chi connectivity index (χ3v) is 12.7. The summed E-state index contributed by atoms with van der Waals surface area (Å²) < 4.78 is 8.70. The number of rotatable bonds is 4. The topological polar surface area (TPSA) is 33.3 Å². The molecule has 1 aliphatic heterocycles. The van der Waals surface area contributed by atoms with Crippen molar-refractivity contribution < 1.29 is 14.4 Å². The minimum Gasteiger partial charge on any atom is -0.392 e. The van der Waals surface area contributed by atoms with E-state index in [9.17, 15) is 5.11 Å². The molecule has 0 saturated heterocycles. The molecule has 1 fully saturated rings. The monoisotopic (exact) mass is 616 g/mol. The van der Waals surface area contributed by atoms with Crippen LogP contribution in [0, 0.1) is 25.2 Å². The Hall–Kier alpha value is -3.01. The Labute approximate surface area is 276 Å². The minimum absolute atomic E-state index is 0.0307. The molecule has 3 heteroatoms. The van der Waals surface area contributed by atoms with Crippen molar-refractivity contribution in [3.8, 4) is 11.3 Å². The molecule has 2 heterocycles. The molecule has 0 bridgehead atoms. The van der Waals surface area contributed by atoms with Gasteiger partial charge in [-0.3, -0.25) is 0 Å². The van der Waals surface area contributed by atoms with E-state index in [0.29, 0.717) is 17.9 Å². The van der Waals surface area contributed by atoms with E-state index in [1.165, 1.54) is 86.4 Å². The molecule has 4 aromatic rings. The number of hydrogen-bond acceptors (Lipinski definition) is 2. The fraction of sp³-hybridized carbons (Fsp3) is 0.512. The Kier molecular flexibility index (Phi) is 7.21. The molecule has 3 nitrogen and oxygen atoms in total. The number of aromatic nitrogens is 1. The summed E-state index contributed by atoms with van der Waals surface area (Å²) in [6, 6.07) is 19.0. The maximum Gasteiger partial charge on any atom is 0.214 e. The first-order valence-corrected chi connectivity index (χ1v) is 17.6. The van der Waals surface area contributed by atoms with E-state index < -0.39 is 11.0 Å². The maximum absolute atomic E-state index is 11.1. The average Bonchev–Trinajstić information content (AvgIpc) is 3.22. The van der Waals surface area contributed by atoms with Crippen LogP contribution in [0.5, 0.6) is 0 Å². The minimum atomic E-state index is -0.449. The van der Waals surface area contributed by atoms with Gasteiger partial charge in [0.25, 0.3) is 0 Å². The largest absolute Gasteiger partial charge is 0.392 e. The Balaban J connectivity index is 1.69. The van der Waals surface area contributed by atoms with Gasteiger partial charge in [0.1, 0.15) is 0 Å². The predicted octanol–water partition coefficient (Wildman–Crippen LogP) is 9.73. The number of ether oxygens (including phenoxy) is 1. The molecule has 3 atom stereocenters. The first-order valence-electron chi connectivity index (χ1n) is 17.6. The lowest BCUT2D eigenvalue weighted by Crippen LogP contribution is -2.70. The second-order valence-electron chi connectivity index (χ2n) is 17.1. The fourth-order valence-corrected chi connectivity index (χ4v) is 10.0. The zero-order chi connectivity index (χ0) is 33.0. The predicted molar refractivity (Wildman–Crippen MR) is 192 cm³/mol. The van der Waals surface area contributed by atoms with Gasteiger partial charge < -0.3 is 9.84 Å². The van der Waals surface area contributed by atoms with Crippen molar-refractivity contribution in [3.05, 3.63) is 88.0 Å². The lowest BCUT2D eigenvalue weighted by Gasteiger charge is -2.47. The molecule has 1 N–H and O–H groups in total. The maximum atomic E-state index is 11.1. The summed E-state index contributed by atoms with van der Waals surface area (Å²) in [4.78, 5) is 0. The molecule has 0 radical (unpaired) electrons. The van der Waals surface area contributed by atoms with Gasteiger partial charge in [-0.2, -0.15) is 4.57 Å². The van der Waals surface area contributed by atoms with Gasteiger partial charge in [0.15, 0.2) is 5.54 Å². The van der Waals surface area contributed by atoms with E-state index in [1.807, 2.05) is 7.11 Å². The summed E-state index contributed by atoms with van der Waals surface area (Å²) in [7, 11) is 1.82. The molecule has 0 spiro atoms. The van der Waals surface area contributed by atoms with Crippen molar-refractivity contribution in [1.82, 2.24) is 0 Å². The molecule has 1 saturated carbocycles. The van der Waals surface area contributed by atoms with Crippen LogP contribution in [0.4, 0.5) is 0 Å². The highest BCUT2D eigenvalue weighted by Crippen LogP contribution is 2.61. The molecule has 7 rings (SSSR count). The fourth-order valence-electron chi connectivity index (χ4n) is 10.0. The summed E-state index contributed by atoms with van der Waals surface area (Å²) >= 11 is 0. The molecule has 46 heavy (non-hydrogen) atoms. The number of benzene rings is 3. The number of nitrogens with zero attached hydrogens (tertiary/aromatic N) is 1. The zero-order valence-corrected chi connectivity index (χ0v) is 29.9. The number of pyridine rings is 1. The third kappa shape index (κ3) is 4.26. The van der Waals surface area contributed by atoms with E-state index in [0.717, 1.165) is 5.57 Å². The first-order chi connectivity index (χ1) is 21.7. The lowest BCUT2D eigenvalue weighted by atomic mass is 9.58. The van der Waals surface area contributed by atoms with Crippen LogP contribution >= 0.6 is 0 Å². The van der Waals surface area contributed by atoms with Crippen molar-refractivity contribution >= 4 is 21.7 Å². The molecule has 3 aromatic carbocycles. The normalized spacial score (nSPS) is 25.8. The third-order valence-electron chi connectivity index (χ3n) is 12.7. The summed E-state index contributed by atoms with van der Waals surface area (Å²) in [6.07, 6.45) is 7.34. The van der Waals surface area contributed by atoms with Crippen molar-refractivity contribution in [3.63, 3.8) is 0 Å². The Bertz CT molecular complexity index is 1910. The number of aliphatic hydroxyl groups is 1. The number of hydrogen-bond donors (Lipinski definition) is 1. The Morgan fingerprint density at radius 3 is 2.24 bits per heavy atom. The number of aliphatic hydroxyl groups excluding tert-OH is 1. The Morgan fingerprint density at radius 1 is 0.935 bits per heavy atom. The smallest absolute Gasteiger partial charge is 0.214 e. The van der Waals surface area contributed by atoms with Crippen LogP contribution in [0.2, 0.25) is 0 Å². The lowest BCUT2D eigenvalue weighted by molar-refractivity contribution is -0.745. The molecule has 2 aliphatic carbocycles. The highest BCUT2D eigenvalue weighted by Gasteiger charge is 2.67. The van der Waals surface area contributed by atoms with E-state index in [1.54, 1.807) is 0 Å². The van der Waals surface area contributed by atoms with Gasteiger partial charge in [-0.15, -0.1) is 0 Å². The van der Waals surface area contributed by atoms with E-state index in [2.05, 4.69) is 121 Å². The standard InChI is InChI=1S/C43H54NO2/c1-26-19-27(2)38-33(28-15-17-41(6,7)18-16-28)23-36-34-22-35(40(3,4)5)31-13-11-12-14-32(31)39(34)42(8)29(24-45)21-30(25-46-10)43(42,9)44(36)37(38)20-26/h11-14,19-23,28,30,45H,15-18,24-25H2,1-10H3/q+1. The van der Waals surface area contributed by atoms with Crippen molar-refractivity contribution in [1.29, 1.82) is 0 Å². The summed E-state index contributed by atoms with van der Waals surface area (Å²) in [6.45, 7) is 22.0. The van der Waals surface area contributed by atoms with Gasteiger partial charge in [-0.05, 0) is 113 Å². The van der Waals surface area contributed by atoms with Gasteiger partial charge in [-0.25, -0.2) is 0 Å². The van der Waals surface area contributed by atoms with Crippen LogP contribution in [-0.4, -0.2) is 25.4 Å². The van der Waals surface area contributed by atoms with Crippen molar-refractivity contribution in [2.24, 2.45) is 11.3 Å². The van der Waals surface area contributed by atoms with Crippen LogP contribution in [0.15, 0.2) is 60.2 Å². The molecule has 0 amide bonds. The first kappa shape index (κ1) is 31.6. The van der Waals surface area contributed by atoms with Gasteiger partial charge in [0, 0.05) is 26.2 Å². The molecular formula is C43H54NO2+. The molecule has 3 aliphatic rings. The van der Waals surface area contributed by atoms with Crippen LogP contribution in [0.1, 0.15) is 108 Å². The highest BCUT2D eigenvalue weighted by atomic mass is 16.5. The van der Waals surface area contributed by atoms with Crippen LogP contribution < -0.4 is 4.57 Å². The molecular weight excluding hydrogens is 562 g/mol. The Morgan fingerprint density at radius 2 is 1.61 bits per heavy atom. The van der Waals surface area contributed by atoms with Gasteiger partial charge in [-0.1, -0.05) is 71.0 Å². The molecule has 242 valence electrons. The van der Waals surface area contributed by atoms with E-state index in [4.69, 9.17) is 4.74 Å². The number of aryl methyl sites for hydroxylation is 2. The van der Waals surface area contributed by atoms with Gasteiger partial charge in [0.2, 0.25) is 11.2 Å². The van der Waals surface area contributed by atoms with Crippen LogP contribution in [0.3, 0.4) is 0 Å².